The molecule has 0 spiro atoms. The predicted octanol–water partition coefficient (Wildman–Crippen LogP) is 0.283. The van der Waals surface area contributed by atoms with Gasteiger partial charge in [0.25, 0.3) is 5.91 Å². The zero-order chi connectivity index (χ0) is 13.8. The molecule has 0 saturated carbocycles. The zero-order valence-electron chi connectivity index (χ0n) is 10.7. The van der Waals surface area contributed by atoms with Crippen LogP contribution in [0.2, 0.25) is 0 Å². The van der Waals surface area contributed by atoms with E-state index in [2.05, 4.69) is 4.74 Å². The number of benzene rings is 1. The highest BCUT2D eigenvalue weighted by molar-refractivity contribution is 5.99. The van der Waals surface area contributed by atoms with Gasteiger partial charge in [-0.25, -0.2) is 4.79 Å². The number of anilines is 1. The minimum absolute atomic E-state index is 0.180. The minimum Gasteiger partial charge on any atom is -0.467 e. The fourth-order valence-electron chi connectivity index (χ4n) is 1.97. The number of hydrogen-bond acceptors (Lipinski definition) is 5. The van der Waals surface area contributed by atoms with Crippen molar-refractivity contribution in [3.63, 3.8) is 0 Å². The van der Waals surface area contributed by atoms with Crippen molar-refractivity contribution in [3.8, 4) is 0 Å². The minimum atomic E-state index is -0.729. The Morgan fingerprint density at radius 1 is 1.42 bits per heavy atom. The Labute approximate surface area is 111 Å². The zero-order valence-corrected chi connectivity index (χ0v) is 10.7. The molecule has 1 unspecified atom stereocenters. The molecule has 0 aliphatic carbocycles. The molecule has 0 bridgehead atoms. The summed E-state index contributed by atoms with van der Waals surface area (Å²) in [4.78, 5) is 25.3. The number of carbonyl (C=O) groups excluding carboxylic acids is 2. The lowest BCUT2D eigenvalue weighted by atomic mass is 10.1. The van der Waals surface area contributed by atoms with E-state index >= 15 is 0 Å². The van der Waals surface area contributed by atoms with Crippen LogP contribution in [-0.4, -0.2) is 49.7 Å². The standard InChI is InChI=1S/C13H16N2O4/c1-18-13(17)11-8-15(6-7-19-11)12(16)9-4-2-3-5-10(9)14/h2-5,11H,6-8,14H2,1H3. The molecule has 1 fully saturated rings. The number of esters is 1. The third-order valence-corrected chi connectivity index (χ3v) is 3.01. The Bertz CT molecular complexity index is 489. The lowest BCUT2D eigenvalue weighted by Gasteiger charge is -2.31. The number of nitrogens with two attached hydrogens (primary N) is 1. The average Bonchev–Trinajstić information content (AvgIpc) is 2.46. The fourth-order valence-corrected chi connectivity index (χ4v) is 1.97. The maximum atomic E-state index is 12.3. The molecule has 1 atom stereocenters. The summed E-state index contributed by atoms with van der Waals surface area (Å²) in [7, 11) is 1.29. The quantitative estimate of drug-likeness (QED) is 0.613. The number of hydrogen-bond donors (Lipinski definition) is 1. The van der Waals surface area contributed by atoms with E-state index in [1.165, 1.54) is 7.11 Å². The van der Waals surface area contributed by atoms with Crippen LogP contribution in [0, 0.1) is 0 Å². The van der Waals surface area contributed by atoms with E-state index in [0.29, 0.717) is 24.4 Å². The fraction of sp³-hybridized carbons (Fsp3) is 0.385. The molecule has 1 saturated heterocycles. The second-order valence-electron chi connectivity index (χ2n) is 4.22. The molecule has 1 aliphatic heterocycles. The number of amides is 1. The first-order chi connectivity index (χ1) is 9.13. The summed E-state index contributed by atoms with van der Waals surface area (Å²) in [6.07, 6.45) is -0.729. The Hall–Kier alpha value is -2.08. The van der Waals surface area contributed by atoms with Crippen LogP contribution < -0.4 is 5.73 Å². The van der Waals surface area contributed by atoms with Crippen LogP contribution in [0.25, 0.3) is 0 Å². The summed E-state index contributed by atoms with van der Waals surface area (Å²) in [5.41, 5.74) is 6.64. The summed E-state index contributed by atoms with van der Waals surface area (Å²) in [6.45, 7) is 0.915. The maximum absolute atomic E-state index is 12.3. The monoisotopic (exact) mass is 264 g/mol. The number of nitrogens with zero attached hydrogens (tertiary/aromatic N) is 1. The molecule has 19 heavy (non-hydrogen) atoms. The van der Waals surface area contributed by atoms with Gasteiger partial charge in [0.1, 0.15) is 0 Å². The number of carbonyl (C=O) groups is 2. The molecule has 2 N–H and O–H groups in total. The van der Waals surface area contributed by atoms with Gasteiger partial charge < -0.3 is 20.1 Å². The molecular weight excluding hydrogens is 248 g/mol. The number of morpholine rings is 1. The highest BCUT2D eigenvalue weighted by Crippen LogP contribution is 2.16. The third-order valence-electron chi connectivity index (χ3n) is 3.01. The van der Waals surface area contributed by atoms with E-state index < -0.39 is 12.1 Å². The van der Waals surface area contributed by atoms with Crippen molar-refractivity contribution in [2.75, 3.05) is 32.5 Å². The topological polar surface area (TPSA) is 81.9 Å². The first kappa shape index (κ1) is 13.4. The van der Waals surface area contributed by atoms with Gasteiger partial charge in [0.2, 0.25) is 0 Å². The number of nitrogen functional groups attached to an aromatic ring is 1. The summed E-state index contributed by atoms with van der Waals surface area (Å²) >= 11 is 0. The van der Waals surface area contributed by atoms with Crippen LogP contribution in [-0.2, 0) is 14.3 Å². The first-order valence-electron chi connectivity index (χ1n) is 5.96. The van der Waals surface area contributed by atoms with Crippen molar-refractivity contribution in [3.05, 3.63) is 29.8 Å². The molecule has 1 heterocycles. The number of methoxy groups -OCH3 is 1. The maximum Gasteiger partial charge on any atom is 0.336 e. The van der Waals surface area contributed by atoms with Crippen molar-refractivity contribution in [2.45, 2.75) is 6.10 Å². The van der Waals surface area contributed by atoms with Crippen LogP contribution in [0.3, 0.4) is 0 Å². The molecule has 1 aromatic rings. The molecule has 102 valence electrons. The second-order valence-corrected chi connectivity index (χ2v) is 4.22. The van der Waals surface area contributed by atoms with Gasteiger partial charge in [0.15, 0.2) is 6.10 Å². The van der Waals surface area contributed by atoms with Crippen LogP contribution in [0.4, 0.5) is 5.69 Å². The molecule has 0 radical (unpaired) electrons. The number of ether oxygens (including phenoxy) is 2. The Morgan fingerprint density at radius 2 is 2.16 bits per heavy atom. The Morgan fingerprint density at radius 3 is 2.84 bits per heavy atom. The Balaban J connectivity index is 2.11. The molecule has 1 amide bonds. The van der Waals surface area contributed by atoms with Crippen LogP contribution in [0.1, 0.15) is 10.4 Å². The van der Waals surface area contributed by atoms with Crippen molar-refractivity contribution in [1.82, 2.24) is 4.90 Å². The normalized spacial score (nSPS) is 19.0. The van der Waals surface area contributed by atoms with Crippen molar-refractivity contribution >= 4 is 17.6 Å². The molecule has 6 heteroatoms. The lowest BCUT2D eigenvalue weighted by molar-refractivity contribution is -0.158. The van der Waals surface area contributed by atoms with Gasteiger partial charge in [-0.1, -0.05) is 12.1 Å². The lowest BCUT2D eigenvalue weighted by Crippen LogP contribution is -2.49. The van der Waals surface area contributed by atoms with Crippen molar-refractivity contribution in [2.24, 2.45) is 0 Å². The summed E-state index contributed by atoms with van der Waals surface area (Å²) < 4.78 is 9.90. The smallest absolute Gasteiger partial charge is 0.336 e. The molecule has 2 rings (SSSR count). The molecule has 1 aliphatic rings. The van der Waals surface area contributed by atoms with Crippen molar-refractivity contribution < 1.29 is 19.1 Å². The predicted molar refractivity (Wildman–Crippen MR) is 68.5 cm³/mol. The average molecular weight is 264 g/mol. The summed E-state index contributed by atoms with van der Waals surface area (Å²) in [5, 5.41) is 0. The van der Waals surface area contributed by atoms with Gasteiger partial charge >= 0.3 is 5.97 Å². The highest BCUT2D eigenvalue weighted by Gasteiger charge is 2.30. The number of para-hydroxylation sites is 1. The summed E-state index contributed by atoms with van der Waals surface area (Å²) in [6, 6.07) is 6.86. The second kappa shape index (κ2) is 5.71. The van der Waals surface area contributed by atoms with E-state index in [1.807, 2.05) is 0 Å². The van der Waals surface area contributed by atoms with Gasteiger partial charge in [-0.3, -0.25) is 4.79 Å². The molecule has 0 aromatic heterocycles. The van der Waals surface area contributed by atoms with Gasteiger partial charge in [-0.15, -0.1) is 0 Å². The number of rotatable bonds is 2. The van der Waals surface area contributed by atoms with E-state index in [9.17, 15) is 9.59 Å². The van der Waals surface area contributed by atoms with E-state index in [0.717, 1.165) is 0 Å². The van der Waals surface area contributed by atoms with Crippen LogP contribution >= 0.6 is 0 Å². The largest absolute Gasteiger partial charge is 0.467 e. The van der Waals surface area contributed by atoms with Gasteiger partial charge in [0.05, 0.1) is 25.8 Å². The van der Waals surface area contributed by atoms with E-state index in [4.69, 9.17) is 10.5 Å². The van der Waals surface area contributed by atoms with Crippen LogP contribution in [0.15, 0.2) is 24.3 Å². The molecule has 1 aromatic carbocycles. The third kappa shape index (κ3) is 2.85. The van der Waals surface area contributed by atoms with E-state index in [-0.39, 0.29) is 12.5 Å². The van der Waals surface area contributed by atoms with Crippen molar-refractivity contribution in [1.29, 1.82) is 0 Å². The van der Waals surface area contributed by atoms with Crippen LogP contribution in [0.5, 0.6) is 0 Å². The molecular formula is C13H16N2O4. The first-order valence-corrected chi connectivity index (χ1v) is 5.96. The van der Waals surface area contributed by atoms with E-state index in [1.54, 1.807) is 29.2 Å². The van der Waals surface area contributed by atoms with Gasteiger partial charge in [-0.2, -0.15) is 0 Å². The SMILES string of the molecule is COC(=O)C1CN(C(=O)c2ccccc2N)CCO1. The van der Waals surface area contributed by atoms with Gasteiger partial charge in [0, 0.05) is 12.2 Å². The van der Waals surface area contributed by atoms with Gasteiger partial charge in [-0.05, 0) is 12.1 Å². The summed E-state index contributed by atoms with van der Waals surface area (Å²) in [5.74, 6) is -0.672. The highest BCUT2D eigenvalue weighted by atomic mass is 16.6. The molecule has 6 nitrogen and oxygen atoms in total. The Kier molecular flexibility index (Phi) is 4.01.